The SMILES string of the molecule is CCCNc1ccccc1N=Cc1nc(Cl)cnc1N. The van der Waals surface area contributed by atoms with E-state index in [-0.39, 0.29) is 5.15 Å². The number of nitrogens with one attached hydrogen (secondary N) is 1. The lowest BCUT2D eigenvalue weighted by Crippen LogP contribution is -2.01. The molecule has 6 heteroatoms. The molecule has 1 aromatic carbocycles. The summed E-state index contributed by atoms with van der Waals surface area (Å²) < 4.78 is 0. The third kappa shape index (κ3) is 3.68. The molecule has 0 amide bonds. The van der Waals surface area contributed by atoms with Crippen LogP contribution in [0.2, 0.25) is 5.15 Å². The summed E-state index contributed by atoms with van der Waals surface area (Å²) in [5.74, 6) is 0.303. The molecule has 3 N–H and O–H groups in total. The van der Waals surface area contributed by atoms with Gasteiger partial charge < -0.3 is 11.1 Å². The van der Waals surface area contributed by atoms with Crippen LogP contribution in [0, 0.1) is 0 Å². The summed E-state index contributed by atoms with van der Waals surface area (Å²) in [4.78, 5) is 12.4. The van der Waals surface area contributed by atoms with Crippen LogP contribution in [0.15, 0.2) is 35.5 Å². The molecule has 0 radical (unpaired) electrons. The quantitative estimate of drug-likeness (QED) is 0.828. The number of para-hydroxylation sites is 2. The highest BCUT2D eigenvalue weighted by molar-refractivity contribution is 6.29. The maximum absolute atomic E-state index is 5.80. The van der Waals surface area contributed by atoms with Gasteiger partial charge in [-0.3, -0.25) is 4.99 Å². The Kier molecular flexibility index (Phi) is 4.90. The summed E-state index contributed by atoms with van der Waals surface area (Å²) in [5.41, 5.74) is 7.99. The second-order valence-corrected chi connectivity index (χ2v) is 4.55. The van der Waals surface area contributed by atoms with Gasteiger partial charge in [0.25, 0.3) is 0 Å². The van der Waals surface area contributed by atoms with Gasteiger partial charge in [0.15, 0.2) is 5.82 Å². The van der Waals surface area contributed by atoms with Crippen LogP contribution >= 0.6 is 11.6 Å². The van der Waals surface area contributed by atoms with Crippen molar-refractivity contribution in [2.75, 3.05) is 17.6 Å². The second kappa shape index (κ2) is 6.86. The van der Waals surface area contributed by atoms with Crippen LogP contribution in [-0.2, 0) is 0 Å². The lowest BCUT2D eigenvalue weighted by Gasteiger charge is -2.07. The van der Waals surface area contributed by atoms with Crippen LogP contribution < -0.4 is 11.1 Å². The number of nitrogen functional groups attached to an aromatic ring is 1. The van der Waals surface area contributed by atoms with E-state index in [2.05, 4.69) is 27.2 Å². The second-order valence-electron chi connectivity index (χ2n) is 4.17. The highest BCUT2D eigenvalue weighted by atomic mass is 35.5. The number of anilines is 2. The minimum atomic E-state index is 0.290. The number of nitrogens with two attached hydrogens (primary N) is 1. The number of rotatable bonds is 5. The van der Waals surface area contributed by atoms with Gasteiger partial charge in [-0.05, 0) is 18.6 Å². The standard InChI is InChI=1S/C14H16ClN5/c1-2-7-17-10-5-3-4-6-11(10)18-8-12-14(16)19-9-13(15)20-12/h3-6,8-9,17H,2,7H2,1H3,(H2,16,19). The third-order valence-corrected chi connectivity index (χ3v) is 2.78. The van der Waals surface area contributed by atoms with Crippen LogP contribution in [0.4, 0.5) is 17.2 Å². The normalized spacial score (nSPS) is 10.9. The van der Waals surface area contributed by atoms with Crippen molar-refractivity contribution in [2.45, 2.75) is 13.3 Å². The number of nitrogens with zero attached hydrogens (tertiary/aromatic N) is 3. The summed E-state index contributed by atoms with van der Waals surface area (Å²) in [6.07, 6.45) is 4.02. The molecule has 0 spiro atoms. The Balaban J connectivity index is 2.24. The Hall–Kier alpha value is -2.14. The minimum absolute atomic E-state index is 0.290. The van der Waals surface area contributed by atoms with Crippen LogP contribution in [0.3, 0.4) is 0 Å². The third-order valence-electron chi connectivity index (χ3n) is 2.60. The van der Waals surface area contributed by atoms with Crippen LogP contribution in [0.1, 0.15) is 19.0 Å². The van der Waals surface area contributed by atoms with Crippen molar-refractivity contribution < 1.29 is 0 Å². The van der Waals surface area contributed by atoms with Crippen molar-refractivity contribution in [1.29, 1.82) is 0 Å². The average molecular weight is 290 g/mol. The van der Waals surface area contributed by atoms with E-state index in [9.17, 15) is 0 Å². The molecule has 0 aliphatic heterocycles. The average Bonchev–Trinajstić information content (AvgIpc) is 2.47. The molecule has 0 bridgehead atoms. The van der Waals surface area contributed by atoms with Crippen molar-refractivity contribution in [1.82, 2.24) is 9.97 Å². The highest BCUT2D eigenvalue weighted by Gasteiger charge is 2.02. The summed E-state index contributed by atoms with van der Waals surface area (Å²) in [6, 6.07) is 7.79. The number of halogens is 1. The van der Waals surface area contributed by atoms with Gasteiger partial charge in [0.05, 0.1) is 23.8 Å². The number of hydrogen-bond donors (Lipinski definition) is 2. The fourth-order valence-corrected chi connectivity index (χ4v) is 1.75. The highest BCUT2D eigenvalue weighted by Crippen LogP contribution is 2.24. The molecule has 0 saturated carbocycles. The van der Waals surface area contributed by atoms with Gasteiger partial charge in [-0.1, -0.05) is 30.7 Å². The van der Waals surface area contributed by atoms with E-state index < -0.39 is 0 Å². The molecular formula is C14H16ClN5. The van der Waals surface area contributed by atoms with Crippen molar-refractivity contribution in [3.05, 3.63) is 41.3 Å². The van der Waals surface area contributed by atoms with Crippen LogP contribution in [0.5, 0.6) is 0 Å². The number of aromatic nitrogens is 2. The van der Waals surface area contributed by atoms with Crippen LogP contribution in [0.25, 0.3) is 0 Å². The number of hydrogen-bond acceptors (Lipinski definition) is 5. The Labute approximate surface area is 122 Å². The van der Waals surface area contributed by atoms with Gasteiger partial charge in [-0.15, -0.1) is 0 Å². The van der Waals surface area contributed by atoms with E-state index in [4.69, 9.17) is 17.3 Å². The zero-order chi connectivity index (χ0) is 14.4. The molecule has 2 aromatic rings. The van der Waals surface area contributed by atoms with Gasteiger partial charge in [0, 0.05) is 6.54 Å². The predicted octanol–water partition coefficient (Wildman–Crippen LogP) is 3.28. The van der Waals surface area contributed by atoms with Gasteiger partial charge >= 0.3 is 0 Å². The molecule has 0 aliphatic carbocycles. The zero-order valence-corrected chi connectivity index (χ0v) is 11.9. The zero-order valence-electron chi connectivity index (χ0n) is 11.2. The lowest BCUT2D eigenvalue weighted by molar-refractivity contribution is 0.979. The topological polar surface area (TPSA) is 76.2 Å². The maximum Gasteiger partial charge on any atom is 0.151 e. The van der Waals surface area contributed by atoms with E-state index in [0.29, 0.717) is 11.5 Å². The number of benzene rings is 1. The Morgan fingerprint density at radius 2 is 2.20 bits per heavy atom. The van der Waals surface area contributed by atoms with Crippen molar-refractivity contribution in [3.63, 3.8) is 0 Å². The van der Waals surface area contributed by atoms with Gasteiger partial charge in [-0.25, -0.2) is 9.97 Å². The van der Waals surface area contributed by atoms with E-state index in [1.54, 1.807) is 6.21 Å². The Morgan fingerprint density at radius 3 is 3.00 bits per heavy atom. The van der Waals surface area contributed by atoms with E-state index in [1.807, 2.05) is 24.3 Å². The first-order valence-electron chi connectivity index (χ1n) is 6.35. The van der Waals surface area contributed by atoms with Gasteiger partial charge in [0.2, 0.25) is 0 Å². The van der Waals surface area contributed by atoms with E-state index in [1.165, 1.54) is 6.20 Å². The molecule has 1 heterocycles. The molecule has 5 nitrogen and oxygen atoms in total. The summed E-state index contributed by atoms with van der Waals surface area (Å²) in [5, 5.41) is 3.61. The Bertz CT molecular complexity index is 612. The first kappa shape index (κ1) is 14.3. The molecule has 1 aromatic heterocycles. The van der Waals surface area contributed by atoms with E-state index in [0.717, 1.165) is 24.3 Å². The molecule has 0 fully saturated rings. The van der Waals surface area contributed by atoms with Crippen molar-refractivity contribution in [2.24, 2.45) is 4.99 Å². The molecule has 2 rings (SSSR count). The minimum Gasteiger partial charge on any atom is -0.383 e. The maximum atomic E-state index is 5.80. The smallest absolute Gasteiger partial charge is 0.151 e. The first-order chi connectivity index (χ1) is 9.70. The fourth-order valence-electron chi connectivity index (χ4n) is 1.61. The summed E-state index contributed by atoms with van der Waals surface area (Å²) >= 11 is 5.80. The molecule has 20 heavy (non-hydrogen) atoms. The largest absolute Gasteiger partial charge is 0.383 e. The molecule has 0 unspecified atom stereocenters. The predicted molar refractivity (Wildman–Crippen MR) is 83.9 cm³/mol. The van der Waals surface area contributed by atoms with Crippen molar-refractivity contribution in [3.8, 4) is 0 Å². The molecule has 104 valence electrons. The molecule has 0 saturated heterocycles. The lowest BCUT2D eigenvalue weighted by atomic mass is 10.2. The van der Waals surface area contributed by atoms with Crippen LogP contribution in [-0.4, -0.2) is 22.7 Å². The van der Waals surface area contributed by atoms with E-state index >= 15 is 0 Å². The first-order valence-corrected chi connectivity index (χ1v) is 6.73. The fraction of sp³-hybridized carbons (Fsp3) is 0.214. The van der Waals surface area contributed by atoms with Gasteiger partial charge in [0.1, 0.15) is 10.8 Å². The Morgan fingerprint density at radius 1 is 1.40 bits per heavy atom. The number of aliphatic imine (C=N–C) groups is 1. The molecular weight excluding hydrogens is 274 g/mol. The molecule has 0 aliphatic rings. The summed E-state index contributed by atoms with van der Waals surface area (Å²) in [7, 11) is 0. The van der Waals surface area contributed by atoms with Gasteiger partial charge in [-0.2, -0.15) is 0 Å². The van der Waals surface area contributed by atoms with Crippen molar-refractivity contribution >= 4 is 35.0 Å². The monoisotopic (exact) mass is 289 g/mol. The molecule has 0 atom stereocenters. The summed E-state index contributed by atoms with van der Waals surface area (Å²) in [6.45, 7) is 3.01.